The Balaban J connectivity index is 1.99. The fraction of sp³-hybridized carbons (Fsp3) is 0.795. The minimum atomic E-state index is -1.50. The van der Waals surface area contributed by atoms with Crippen molar-refractivity contribution in [3.8, 4) is 0 Å². The molecule has 1 aliphatic rings. The van der Waals surface area contributed by atoms with Crippen LogP contribution in [0.5, 0.6) is 0 Å². The number of unbranched alkanes of at least 4 members (excludes halogenated alkanes) is 18. The van der Waals surface area contributed by atoms with Crippen molar-refractivity contribution in [2.75, 3.05) is 19.7 Å². The van der Waals surface area contributed by atoms with Gasteiger partial charge < -0.3 is 35.4 Å². The lowest BCUT2D eigenvalue weighted by Crippen LogP contribution is -2.69. The molecule has 0 aromatic heterocycles. The van der Waals surface area contributed by atoms with Crippen LogP contribution in [0.3, 0.4) is 0 Å². The van der Waals surface area contributed by atoms with Gasteiger partial charge >= 0.3 is 12.1 Å². The van der Waals surface area contributed by atoms with Gasteiger partial charge in [0.1, 0.15) is 31.0 Å². The third kappa shape index (κ3) is 17.9. The summed E-state index contributed by atoms with van der Waals surface area (Å²) in [7, 11) is 0. The molecule has 3 amide bonds. The summed E-state index contributed by atoms with van der Waals surface area (Å²) < 4.78 is 11.5. The number of alkyl carbamates (subject to hydrolysis) is 1. The number of benzene rings is 1. The van der Waals surface area contributed by atoms with Crippen molar-refractivity contribution < 1.29 is 34.4 Å². The van der Waals surface area contributed by atoms with Crippen LogP contribution in [0, 0.1) is 0 Å². The lowest BCUT2D eigenvalue weighted by Gasteiger charge is -2.46. The van der Waals surface area contributed by atoms with Gasteiger partial charge in [0.25, 0.3) is 0 Å². The monoisotopic (exact) mass is 692 g/mol. The Hall–Kier alpha value is -2.40. The van der Waals surface area contributed by atoms with Gasteiger partial charge in [-0.1, -0.05) is 160 Å². The summed E-state index contributed by atoms with van der Waals surface area (Å²) in [6.07, 6.45) is 17.4. The molecule has 1 aromatic carbocycles. The molecule has 1 aliphatic heterocycles. The molecule has 0 aliphatic carbocycles. The number of carbonyl (C=O) groups excluding carboxylic acids is 2. The molecule has 2 rings (SSSR count). The van der Waals surface area contributed by atoms with E-state index in [1.54, 1.807) is 0 Å². The van der Waals surface area contributed by atoms with E-state index in [1.807, 2.05) is 30.3 Å². The molecule has 49 heavy (non-hydrogen) atoms. The standard InChI is InChI=1S/C39H69N3O7/c1-3-5-7-9-11-13-15-17-19-24-28-40-38(46)42(29-25-20-18-16-14-12-10-8-6-4-2)37-34(36(45)35(44)33(30-43)49-37)41-39(47)48-31-32-26-22-21-23-27-32/h21-23,26-27,33-37,43-45H,3-20,24-25,28-31H2,1-2H3,(H,40,46)(H,41,47)/t33-,34+,35+,36-,37-/m1/s1. The number of ether oxygens (including phenoxy) is 2. The average Bonchev–Trinajstić information content (AvgIpc) is 3.11. The zero-order chi connectivity index (χ0) is 35.5. The number of aliphatic hydroxyl groups is 3. The van der Waals surface area contributed by atoms with Crippen molar-refractivity contribution in [3.63, 3.8) is 0 Å². The zero-order valence-corrected chi connectivity index (χ0v) is 30.7. The average molecular weight is 692 g/mol. The number of rotatable bonds is 27. The molecule has 1 aromatic rings. The summed E-state index contributed by atoms with van der Waals surface area (Å²) >= 11 is 0. The maximum Gasteiger partial charge on any atom is 0.407 e. The van der Waals surface area contributed by atoms with Crippen molar-refractivity contribution in [1.29, 1.82) is 0 Å². The van der Waals surface area contributed by atoms with Crippen molar-refractivity contribution >= 4 is 12.1 Å². The molecule has 0 bridgehead atoms. The Morgan fingerprint density at radius 2 is 1.24 bits per heavy atom. The number of hydrogen-bond acceptors (Lipinski definition) is 7. The van der Waals surface area contributed by atoms with Crippen LogP contribution in [0.25, 0.3) is 0 Å². The van der Waals surface area contributed by atoms with Gasteiger partial charge in [-0.05, 0) is 18.4 Å². The maximum atomic E-state index is 13.7. The number of nitrogens with zero attached hydrogens (tertiary/aromatic N) is 1. The second kappa shape index (κ2) is 27.3. The fourth-order valence-electron chi connectivity index (χ4n) is 6.44. The predicted octanol–water partition coefficient (Wildman–Crippen LogP) is 7.57. The molecular formula is C39H69N3O7. The molecule has 0 unspecified atom stereocenters. The van der Waals surface area contributed by atoms with Gasteiger partial charge in [0.05, 0.1) is 6.61 Å². The predicted molar refractivity (Wildman–Crippen MR) is 195 cm³/mol. The topological polar surface area (TPSA) is 141 Å². The zero-order valence-electron chi connectivity index (χ0n) is 30.7. The van der Waals surface area contributed by atoms with E-state index >= 15 is 0 Å². The van der Waals surface area contributed by atoms with Crippen molar-refractivity contribution in [2.45, 2.75) is 179 Å². The Kier molecular flexibility index (Phi) is 23.9. The Morgan fingerprint density at radius 3 is 1.78 bits per heavy atom. The molecule has 1 heterocycles. The van der Waals surface area contributed by atoms with Crippen LogP contribution in [-0.4, -0.2) is 82.6 Å². The largest absolute Gasteiger partial charge is 0.445 e. The number of carbonyl (C=O) groups is 2. The van der Waals surface area contributed by atoms with Crippen LogP contribution in [0.2, 0.25) is 0 Å². The van der Waals surface area contributed by atoms with Crippen LogP contribution in [0.15, 0.2) is 30.3 Å². The Labute approximate surface area is 296 Å². The molecule has 1 saturated heterocycles. The first kappa shape index (κ1) is 42.8. The van der Waals surface area contributed by atoms with Gasteiger partial charge in [-0.2, -0.15) is 0 Å². The number of urea groups is 1. The van der Waals surface area contributed by atoms with Crippen LogP contribution in [0.4, 0.5) is 9.59 Å². The highest BCUT2D eigenvalue weighted by atomic mass is 16.6. The second-order valence-corrected chi connectivity index (χ2v) is 13.7. The highest BCUT2D eigenvalue weighted by Gasteiger charge is 2.48. The molecule has 10 nitrogen and oxygen atoms in total. The van der Waals surface area contributed by atoms with E-state index in [0.717, 1.165) is 50.5 Å². The SMILES string of the molecule is CCCCCCCCCCCCNC(=O)N(CCCCCCCCCCCC)[C@@H]1O[C@H](CO)[C@H](O)[C@H](O)[C@@H]1NC(=O)OCc1ccccc1. The summed E-state index contributed by atoms with van der Waals surface area (Å²) in [5.41, 5.74) is 0.795. The molecule has 1 fully saturated rings. The van der Waals surface area contributed by atoms with Gasteiger partial charge in [-0.15, -0.1) is 0 Å². The minimum absolute atomic E-state index is 0.0183. The van der Waals surface area contributed by atoms with E-state index in [0.29, 0.717) is 13.1 Å². The van der Waals surface area contributed by atoms with Gasteiger partial charge in [-0.3, -0.25) is 4.90 Å². The molecule has 0 spiro atoms. The summed E-state index contributed by atoms with van der Waals surface area (Å²) in [5, 5.41) is 37.5. The summed E-state index contributed by atoms with van der Waals surface area (Å²) in [4.78, 5) is 28.1. The van der Waals surface area contributed by atoms with E-state index in [1.165, 1.54) is 88.4 Å². The van der Waals surface area contributed by atoms with Crippen molar-refractivity contribution in [2.24, 2.45) is 0 Å². The van der Waals surface area contributed by atoms with Gasteiger partial charge in [0.15, 0.2) is 6.23 Å². The first-order valence-electron chi connectivity index (χ1n) is 19.6. The van der Waals surface area contributed by atoms with Crippen LogP contribution >= 0.6 is 0 Å². The summed E-state index contributed by atoms with van der Waals surface area (Å²) in [6.45, 7) is 4.77. The highest BCUT2D eigenvalue weighted by molar-refractivity contribution is 5.75. The van der Waals surface area contributed by atoms with E-state index < -0.39 is 43.3 Å². The first-order valence-corrected chi connectivity index (χ1v) is 19.6. The van der Waals surface area contributed by atoms with Crippen LogP contribution in [0.1, 0.15) is 148 Å². The molecule has 5 atom stereocenters. The second-order valence-electron chi connectivity index (χ2n) is 13.7. The molecular weight excluding hydrogens is 622 g/mol. The third-order valence-electron chi connectivity index (χ3n) is 9.52. The normalized spacial score (nSPS) is 20.6. The minimum Gasteiger partial charge on any atom is -0.445 e. The quantitative estimate of drug-likeness (QED) is 0.0600. The fourth-order valence-corrected chi connectivity index (χ4v) is 6.44. The number of amides is 3. The molecule has 0 saturated carbocycles. The van der Waals surface area contributed by atoms with Crippen molar-refractivity contribution in [1.82, 2.24) is 15.5 Å². The summed E-state index contributed by atoms with van der Waals surface area (Å²) in [5.74, 6) is 0. The van der Waals surface area contributed by atoms with Crippen LogP contribution in [-0.2, 0) is 16.1 Å². The van der Waals surface area contributed by atoms with E-state index in [9.17, 15) is 24.9 Å². The van der Waals surface area contributed by atoms with Gasteiger partial charge in [-0.25, -0.2) is 9.59 Å². The highest BCUT2D eigenvalue weighted by Crippen LogP contribution is 2.25. The first-order chi connectivity index (χ1) is 23.9. The van der Waals surface area contributed by atoms with E-state index in [-0.39, 0.29) is 12.6 Å². The number of nitrogens with one attached hydrogen (secondary N) is 2. The lowest BCUT2D eigenvalue weighted by molar-refractivity contribution is -0.222. The maximum absolute atomic E-state index is 13.7. The van der Waals surface area contributed by atoms with E-state index in [2.05, 4.69) is 24.5 Å². The van der Waals surface area contributed by atoms with E-state index in [4.69, 9.17) is 9.47 Å². The number of hydrogen-bond donors (Lipinski definition) is 5. The third-order valence-corrected chi connectivity index (χ3v) is 9.52. The Morgan fingerprint density at radius 1 is 0.735 bits per heavy atom. The Bertz CT molecular complexity index is 969. The van der Waals surface area contributed by atoms with Gasteiger partial charge in [0, 0.05) is 13.1 Å². The summed E-state index contributed by atoms with van der Waals surface area (Å²) in [6, 6.07) is 7.68. The smallest absolute Gasteiger partial charge is 0.407 e. The molecule has 282 valence electrons. The molecule has 5 N–H and O–H groups in total. The van der Waals surface area contributed by atoms with Crippen LogP contribution < -0.4 is 10.6 Å². The van der Waals surface area contributed by atoms with Crippen molar-refractivity contribution in [3.05, 3.63) is 35.9 Å². The number of aliphatic hydroxyl groups excluding tert-OH is 3. The molecule has 0 radical (unpaired) electrons. The van der Waals surface area contributed by atoms with Gasteiger partial charge in [0.2, 0.25) is 0 Å². The molecule has 10 heteroatoms. The lowest BCUT2D eigenvalue weighted by atomic mass is 9.95.